The first-order chi connectivity index (χ1) is 14.7. The van der Waals surface area contributed by atoms with Gasteiger partial charge in [0.15, 0.2) is 17.6 Å². The lowest BCUT2D eigenvalue weighted by Crippen LogP contribution is -2.45. The lowest BCUT2D eigenvalue weighted by Gasteiger charge is -2.27. The van der Waals surface area contributed by atoms with E-state index in [1.807, 2.05) is 36.4 Å². The lowest BCUT2D eigenvalue weighted by atomic mass is 9.92. The average Bonchev–Trinajstić information content (AvgIpc) is 3.16. The van der Waals surface area contributed by atoms with E-state index in [9.17, 15) is 4.79 Å². The predicted octanol–water partition coefficient (Wildman–Crippen LogP) is 3.69. The largest absolute Gasteiger partial charge is 0.497 e. The highest BCUT2D eigenvalue weighted by Crippen LogP contribution is 2.36. The number of para-hydroxylation sites is 2. The maximum absolute atomic E-state index is 12.6. The number of hydrogen-bond acceptors (Lipinski definition) is 4. The van der Waals surface area contributed by atoms with E-state index in [0.29, 0.717) is 18.9 Å². The highest BCUT2D eigenvalue weighted by molar-refractivity contribution is 5.87. The van der Waals surface area contributed by atoms with E-state index < -0.39 is 0 Å². The summed E-state index contributed by atoms with van der Waals surface area (Å²) < 4.78 is 17.0. The van der Waals surface area contributed by atoms with Crippen LogP contribution < -0.4 is 24.8 Å². The summed E-state index contributed by atoms with van der Waals surface area (Å²) in [4.78, 5) is 16.1. The summed E-state index contributed by atoms with van der Waals surface area (Å²) in [5.74, 6) is 2.29. The summed E-state index contributed by atoms with van der Waals surface area (Å²) in [5.41, 5.74) is 3.42. The number of carbonyl (C=O) groups excluding carboxylic acids is 1. The first-order valence-corrected chi connectivity index (χ1v) is 10.3. The second kappa shape index (κ2) is 7.82. The van der Waals surface area contributed by atoms with Crippen LogP contribution in [0.2, 0.25) is 0 Å². The zero-order valence-electron chi connectivity index (χ0n) is 16.9. The summed E-state index contributed by atoms with van der Waals surface area (Å²) in [5, 5.41) is 7.21. The number of H-pyrrole nitrogens is 1. The normalized spacial score (nSPS) is 19.8. The average molecular weight is 407 g/mol. The standard InChI is InChI=1S/C23H25N3O4/c1-28-14-9-10-18-17(11-14)16-5-4-6-19(22(16)25-18)26-23(27)24-12-15-13-29-20-7-2-3-8-21(20)30-15/h2-3,7-11,15,19,25H,4-6,12-13H2,1H3,(H2,24,26,27)/t15-,19+/m0/s1. The number of aromatic nitrogens is 1. The molecule has 1 aliphatic carbocycles. The van der Waals surface area contributed by atoms with Crippen molar-refractivity contribution in [2.45, 2.75) is 31.4 Å². The maximum atomic E-state index is 12.6. The van der Waals surface area contributed by atoms with Crippen molar-refractivity contribution < 1.29 is 19.0 Å². The van der Waals surface area contributed by atoms with Gasteiger partial charge in [0.25, 0.3) is 0 Å². The number of benzene rings is 2. The fourth-order valence-electron chi connectivity index (χ4n) is 4.29. The summed E-state index contributed by atoms with van der Waals surface area (Å²) in [6, 6.07) is 13.4. The lowest BCUT2D eigenvalue weighted by molar-refractivity contribution is 0.0916. The van der Waals surface area contributed by atoms with Crippen LogP contribution in [0.4, 0.5) is 4.79 Å². The van der Waals surface area contributed by atoms with Crippen molar-refractivity contribution in [1.82, 2.24) is 15.6 Å². The molecule has 156 valence electrons. The Bertz CT molecular complexity index is 1080. The SMILES string of the molecule is COc1ccc2[nH]c3c(c2c1)CCC[C@H]3NC(=O)NC[C@H]1COc2ccccc2O1. The molecule has 0 spiro atoms. The maximum Gasteiger partial charge on any atom is 0.315 e. The summed E-state index contributed by atoms with van der Waals surface area (Å²) in [6.07, 6.45) is 2.71. The Morgan fingerprint density at radius 1 is 1.23 bits per heavy atom. The smallest absolute Gasteiger partial charge is 0.315 e. The number of methoxy groups -OCH3 is 1. The molecule has 2 aliphatic rings. The zero-order chi connectivity index (χ0) is 20.5. The van der Waals surface area contributed by atoms with Crippen LogP contribution in [-0.2, 0) is 6.42 Å². The van der Waals surface area contributed by atoms with E-state index in [1.165, 1.54) is 10.9 Å². The Hall–Kier alpha value is -3.35. The molecular weight excluding hydrogens is 382 g/mol. The number of rotatable bonds is 4. The molecular formula is C23H25N3O4. The molecule has 1 aliphatic heterocycles. The summed E-state index contributed by atoms with van der Waals surface area (Å²) in [7, 11) is 1.68. The highest BCUT2D eigenvalue weighted by Gasteiger charge is 2.27. The van der Waals surface area contributed by atoms with E-state index in [-0.39, 0.29) is 18.2 Å². The molecule has 0 saturated carbocycles. The van der Waals surface area contributed by atoms with Crippen LogP contribution in [0.1, 0.15) is 30.1 Å². The Morgan fingerprint density at radius 2 is 2.10 bits per heavy atom. The minimum atomic E-state index is -0.215. The zero-order valence-corrected chi connectivity index (χ0v) is 16.9. The number of urea groups is 1. The molecule has 0 fully saturated rings. The molecule has 0 unspecified atom stereocenters. The Balaban J connectivity index is 1.23. The van der Waals surface area contributed by atoms with Crippen LogP contribution in [0.3, 0.4) is 0 Å². The molecule has 2 heterocycles. The number of ether oxygens (including phenoxy) is 3. The van der Waals surface area contributed by atoms with E-state index in [1.54, 1.807) is 7.11 Å². The quantitative estimate of drug-likeness (QED) is 0.616. The van der Waals surface area contributed by atoms with Gasteiger partial charge in [0.05, 0.1) is 19.7 Å². The van der Waals surface area contributed by atoms with Gasteiger partial charge in [0, 0.05) is 16.6 Å². The van der Waals surface area contributed by atoms with Crippen molar-refractivity contribution in [2.24, 2.45) is 0 Å². The van der Waals surface area contributed by atoms with Crippen LogP contribution in [0.5, 0.6) is 17.2 Å². The van der Waals surface area contributed by atoms with Gasteiger partial charge in [-0.2, -0.15) is 0 Å². The summed E-state index contributed by atoms with van der Waals surface area (Å²) >= 11 is 0. The Kier molecular flexibility index (Phi) is 4.86. The second-order valence-electron chi connectivity index (χ2n) is 7.73. The molecule has 5 rings (SSSR count). The van der Waals surface area contributed by atoms with Crippen molar-refractivity contribution >= 4 is 16.9 Å². The third-order valence-corrected chi connectivity index (χ3v) is 5.78. The topological polar surface area (TPSA) is 84.6 Å². The molecule has 0 saturated heterocycles. The van der Waals surface area contributed by atoms with Crippen molar-refractivity contribution in [3.05, 3.63) is 53.7 Å². The number of carbonyl (C=O) groups is 1. The van der Waals surface area contributed by atoms with Gasteiger partial charge in [0.2, 0.25) is 0 Å². The van der Waals surface area contributed by atoms with Gasteiger partial charge in [-0.05, 0) is 55.2 Å². The van der Waals surface area contributed by atoms with Crippen molar-refractivity contribution in [1.29, 1.82) is 0 Å². The molecule has 3 N–H and O–H groups in total. The number of amides is 2. The van der Waals surface area contributed by atoms with Gasteiger partial charge < -0.3 is 29.8 Å². The third kappa shape index (κ3) is 3.51. The van der Waals surface area contributed by atoms with E-state index in [2.05, 4.69) is 21.7 Å². The van der Waals surface area contributed by atoms with Crippen LogP contribution in [0.25, 0.3) is 10.9 Å². The molecule has 2 amide bonds. The van der Waals surface area contributed by atoms with Crippen molar-refractivity contribution in [3.63, 3.8) is 0 Å². The first kappa shape index (κ1) is 18.7. The van der Waals surface area contributed by atoms with Gasteiger partial charge in [-0.15, -0.1) is 0 Å². The summed E-state index contributed by atoms with van der Waals surface area (Å²) in [6.45, 7) is 0.790. The Morgan fingerprint density at radius 3 is 2.97 bits per heavy atom. The minimum absolute atomic E-state index is 0.0450. The molecule has 30 heavy (non-hydrogen) atoms. The van der Waals surface area contributed by atoms with Crippen LogP contribution in [-0.4, -0.2) is 37.4 Å². The van der Waals surface area contributed by atoms with E-state index >= 15 is 0 Å². The molecule has 0 radical (unpaired) electrons. The van der Waals surface area contributed by atoms with Gasteiger partial charge in [-0.25, -0.2) is 4.79 Å². The fourth-order valence-corrected chi connectivity index (χ4v) is 4.29. The van der Waals surface area contributed by atoms with Crippen LogP contribution in [0.15, 0.2) is 42.5 Å². The molecule has 7 nitrogen and oxygen atoms in total. The highest BCUT2D eigenvalue weighted by atomic mass is 16.6. The minimum Gasteiger partial charge on any atom is -0.497 e. The monoisotopic (exact) mass is 407 g/mol. The van der Waals surface area contributed by atoms with Crippen LogP contribution >= 0.6 is 0 Å². The van der Waals surface area contributed by atoms with Gasteiger partial charge >= 0.3 is 6.03 Å². The second-order valence-corrected chi connectivity index (χ2v) is 7.73. The van der Waals surface area contributed by atoms with Gasteiger partial charge in [0.1, 0.15) is 12.4 Å². The van der Waals surface area contributed by atoms with Gasteiger partial charge in [-0.1, -0.05) is 12.1 Å². The number of hydrogen-bond donors (Lipinski definition) is 3. The van der Waals surface area contributed by atoms with E-state index in [4.69, 9.17) is 14.2 Å². The van der Waals surface area contributed by atoms with E-state index in [0.717, 1.165) is 42.0 Å². The third-order valence-electron chi connectivity index (χ3n) is 5.78. The molecule has 3 aromatic rings. The molecule has 0 bridgehead atoms. The predicted molar refractivity (Wildman–Crippen MR) is 113 cm³/mol. The number of aromatic amines is 1. The molecule has 1 aromatic heterocycles. The number of nitrogens with one attached hydrogen (secondary N) is 3. The molecule has 2 atom stereocenters. The van der Waals surface area contributed by atoms with Crippen LogP contribution in [0, 0.1) is 0 Å². The molecule has 7 heteroatoms. The first-order valence-electron chi connectivity index (χ1n) is 10.3. The fraction of sp³-hybridized carbons (Fsp3) is 0.348. The van der Waals surface area contributed by atoms with Gasteiger partial charge in [-0.3, -0.25) is 0 Å². The molecule has 2 aromatic carbocycles. The Labute approximate surface area is 174 Å². The number of fused-ring (bicyclic) bond motifs is 4. The number of aryl methyl sites for hydroxylation is 1. The van der Waals surface area contributed by atoms with Crippen molar-refractivity contribution in [2.75, 3.05) is 20.3 Å². The van der Waals surface area contributed by atoms with Crippen molar-refractivity contribution in [3.8, 4) is 17.2 Å².